The molecular formula is C13H17BrN2O2. The molecule has 1 aromatic heterocycles. The van der Waals surface area contributed by atoms with Crippen molar-refractivity contribution in [1.82, 2.24) is 4.98 Å². The fourth-order valence-electron chi connectivity index (χ4n) is 2.04. The summed E-state index contributed by atoms with van der Waals surface area (Å²) in [7, 11) is 1.75. The van der Waals surface area contributed by atoms with Crippen molar-refractivity contribution in [3.8, 4) is 0 Å². The van der Waals surface area contributed by atoms with E-state index < -0.39 is 0 Å². The Labute approximate surface area is 115 Å². The number of anilines is 1. The van der Waals surface area contributed by atoms with Gasteiger partial charge in [-0.25, -0.2) is 4.98 Å². The van der Waals surface area contributed by atoms with E-state index in [-0.39, 0.29) is 12.0 Å². The van der Waals surface area contributed by atoms with Crippen molar-refractivity contribution in [3.63, 3.8) is 0 Å². The summed E-state index contributed by atoms with van der Waals surface area (Å²) in [6, 6.07) is 3.71. The molecule has 1 aliphatic rings. The maximum absolute atomic E-state index is 12.1. The standard InChI is InChI=1S/C13H17BrN2O2/c1-16(13-11(14)6-4-7-15-13)12(17)9-10-5-2-3-8-18-10/h4,6-7,10H,2-3,5,8-9H2,1H3/t10-/m0/s1. The number of ether oxygens (including phenoxy) is 1. The fourth-order valence-corrected chi connectivity index (χ4v) is 2.56. The zero-order chi connectivity index (χ0) is 13.0. The Balaban J connectivity index is 1.98. The zero-order valence-corrected chi connectivity index (χ0v) is 12.0. The molecule has 1 amide bonds. The molecule has 0 bridgehead atoms. The maximum Gasteiger partial charge on any atom is 0.230 e. The van der Waals surface area contributed by atoms with E-state index in [1.165, 1.54) is 0 Å². The fraction of sp³-hybridized carbons (Fsp3) is 0.538. The average Bonchev–Trinajstić information content (AvgIpc) is 2.39. The maximum atomic E-state index is 12.1. The minimum Gasteiger partial charge on any atom is -0.378 e. The molecule has 0 aliphatic carbocycles. The van der Waals surface area contributed by atoms with E-state index >= 15 is 0 Å². The van der Waals surface area contributed by atoms with Gasteiger partial charge in [-0.15, -0.1) is 0 Å². The molecule has 1 atom stereocenters. The zero-order valence-electron chi connectivity index (χ0n) is 10.4. The minimum atomic E-state index is 0.0429. The second-order valence-electron chi connectivity index (χ2n) is 4.45. The molecule has 1 aliphatic heterocycles. The SMILES string of the molecule is CN(C(=O)C[C@@H]1CCCCO1)c1ncccc1Br. The van der Waals surface area contributed by atoms with Crippen molar-refractivity contribution in [1.29, 1.82) is 0 Å². The Morgan fingerprint density at radius 2 is 2.44 bits per heavy atom. The number of aromatic nitrogens is 1. The topological polar surface area (TPSA) is 42.4 Å². The summed E-state index contributed by atoms with van der Waals surface area (Å²) >= 11 is 3.40. The number of carbonyl (C=O) groups is 1. The normalized spacial score (nSPS) is 19.6. The molecule has 18 heavy (non-hydrogen) atoms. The van der Waals surface area contributed by atoms with Gasteiger partial charge in [0.25, 0.3) is 0 Å². The molecule has 1 aromatic rings. The summed E-state index contributed by atoms with van der Waals surface area (Å²) in [5.74, 6) is 0.694. The smallest absolute Gasteiger partial charge is 0.230 e. The van der Waals surface area contributed by atoms with Gasteiger partial charge in [0.05, 0.1) is 17.0 Å². The number of pyridine rings is 1. The van der Waals surface area contributed by atoms with Crippen LogP contribution >= 0.6 is 15.9 Å². The Kier molecular flexibility index (Phi) is 4.72. The van der Waals surface area contributed by atoms with Crippen LogP contribution in [0.4, 0.5) is 5.82 Å². The summed E-state index contributed by atoms with van der Waals surface area (Å²) in [5.41, 5.74) is 0. The third kappa shape index (κ3) is 3.29. The van der Waals surface area contributed by atoms with Crippen molar-refractivity contribution in [3.05, 3.63) is 22.8 Å². The molecule has 98 valence electrons. The highest BCUT2D eigenvalue weighted by molar-refractivity contribution is 9.10. The van der Waals surface area contributed by atoms with Gasteiger partial charge in [0.15, 0.2) is 0 Å². The second kappa shape index (κ2) is 6.29. The molecule has 2 rings (SSSR count). The van der Waals surface area contributed by atoms with E-state index in [9.17, 15) is 4.79 Å². The first-order valence-corrected chi connectivity index (χ1v) is 6.96. The molecule has 0 radical (unpaired) electrons. The van der Waals surface area contributed by atoms with Crippen LogP contribution in [-0.2, 0) is 9.53 Å². The molecule has 2 heterocycles. The lowest BCUT2D eigenvalue weighted by molar-refractivity contribution is -0.122. The van der Waals surface area contributed by atoms with Crippen molar-refractivity contribution in [2.24, 2.45) is 0 Å². The van der Waals surface area contributed by atoms with E-state index in [1.807, 2.05) is 12.1 Å². The predicted molar refractivity (Wildman–Crippen MR) is 73.6 cm³/mol. The number of carbonyl (C=O) groups excluding carboxylic acids is 1. The summed E-state index contributed by atoms with van der Waals surface area (Å²) < 4.78 is 6.41. The Hall–Kier alpha value is -0.940. The summed E-state index contributed by atoms with van der Waals surface area (Å²) in [5, 5.41) is 0. The number of rotatable bonds is 3. The third-order valence-corrected chi connectivity index (χ3v) is 3.73. The molecule has 5 heteroatoms. The van der Waals surface area contributed by atoms with Crippen molar-refractivity contribution >= 4 is 27.7 Å². The van der Waals surface area contributed by atoms with Crippen LogP contribution in [0.25, 0.3) is 0 Å². The van der Waals surface area contributed by atoms with Crippen molar-refractivity contribution < 1.29 is 9.53 Å². The van der Waals surface area contributed by atoms with E-state index in [0.717, 1.165) is 30.3 Å². The first kappa shape index (κ1) is 13.5. The summed E-state index contributed by atoms with van der Waals surface area (Å²) in [6.07, 6.45) is 5.40. The van der Waals surface area contributed by atoms with Gasteiger partial charge in [-0.1, -0.05) is 0 Å². The van der Waals surface area contributed by atoms with Crippen LogP contribution in [-0.4, -0.2) is 30.6 Å². The number of halogens is 1. The highest BCUT2D eigenvalue weighted by Gasteiger charge is 2.21. The molecule has 0 unspecified atom stereocenters. The molecule has 0 aromatic carbocycles. The highest BCUT2D eigenvalue weighted by Crippen LogP contribution is 2.23. The van der Waals surface area contributed by atoms with Crippen LogP contribution in [0, 0.1) is 0 Å². The van der Waals surface area contributed by atoms with E-state index in [2.05, 4.69) is 20.9 Å². The van der Waals surface area contributed by atoms with Crippen LogP contribution in [0.3, 0.4) is 0 Å². The number of amides is 1. The van der Waals surface area contributed by atoms with Gasteiger partial charge in [-0.2, -0.15) is 0 Å². The van der Waals surface area contributed by atoms with Gasteiger partial charge >= 0.3 is 0 Å². The summed E-state index contributed by atoms with van der Waals surface area (Å²) in [6.45, 7) is 0.773. The van der Waals surface area contributed by atoms with Gasteiger partial charge in [0.1, 0.15) is 5.82 Å². The Morgan fingerprint density at radius 3 is 3.11 bits per heavy atom. The van der Waals surface area contributed by atoms with Gasteiger partial charge in [0, 0.05) is 19.9 Å². The number of hydrogen-bond acceptors (Lipinski definition) is 3. The van der Waals surface area contributed by atoms with Crippen LogP contribution in [0.1, 0.15) is 25.7 Å². The van der Waals surface area contributed by atoms with E-state index in [4.69, 9.17) is 4.74 Å². The monoisotopic (exact) mass is 312 g/mol. The second-order valence-corrected chi connectivity index (χ2v) is 5.31. The molecule has 0 N–H and O–H groups in total. The quantitative estimate of drug-likeness (QED) is 0.862. The number of hydrogen-bond donors (Lipinski definition) is 0. The van der Waals surface area contributed by atoms with Crippen LogP contribution < -0.4 is 4.90 Å². The molecule has 0 spiro atoms. The first-order chi connectivity index (χ1) is 8.68. The van der Waals surface area contributed by atoms with E-state index in [1.54, 1.807) is 18.1 Å². The summed E-state index contributed by atoms with van der Waals surface area (Å²) in [4.78, 5) is 17.9. The number of nitrogens with zero attached hydrogens (tertiary/aromatic N) is 2. The highest BCUT2D eigenvalue weighted by atomic mass is 79.9. The molecule has 1 saturated heterocycles. The Morgan fingerprint density at radius 1 is 1.61 bits per heavy atom. The van der Waals surface area contributed by atoms with Crippen LogP contribution in [0.5, 0.6) is 0 Å². The van der Waals surface area contributed by atoms with Gasteiger partial charge in [-0.3, -0.25) is 9.69 Å². The van der Waals surface area contributed by atoms with Gasteiger partial charge < -0.3 is 4.74 Å². The van der Waals surface area contributed by atoms with E-state index in [0.29, 0.717) is 12.2 Å². The molecule has 0 saturated carbocycles. The first-order valence-electron chi connectivity index (χ1n) is 6.17. The Bertz CT molecular complexity index is 419. The lowest BCUT2D eigenvalue weighted by atomic mass is 10.1. The van der Waals surface area contributed by atoms with Gasteiger partial charge in [-0.05, 0) is 47.3 Å². The predicted octanol–water partition coefficient (Wildman–Crippen LogP) is 2.77. The largest absolute Gasteiger partial charge is 0.378 e. The lowest BCUT2D eigenvalue weighted by Crippen LogP contribution is -2.32. The van der Waals surface area contributed by atoms with Crippen LogP contribution in [0.2, 0.25) is 0 Å². The van der Waals surface area contributed by atoms with Gasteiger partial charge in [0.2, 0.25) is 5.91 Å². The van der Waals surface area contributed by atoms with Crippen LogP contribution in [0.15, 0.2) is 22.8 Å². The molecule has 1 fully saturated rings. The van der Waals surface area contributed by atoms with Crippen molar-refractivity contribution in [2.45, 2.75) is 31.8 Å². The lowest BCUT2D eigenvalue weighted by Gasteiger charge is -2.24. The van der Waals surface area contributed by atoms with Crippen molar-refractivity contribution in [2.75, 3.05) is 18.6 Å². The minimum absolute atomic E-state index is 0.0429. The molecule has 4 nitrogen and oxygen atoms in total. The third-order valence-electron chi connectivity index (χ3n) is 3.11. The molecular weight excluding hydrogens is 296 g/mol. The average molecular weight is 313 g/mol.